The van der Waals surface area contributed by atoms with E-state index in [1.165, 1.54) is 33.4 Å². The van der Waals surface area contributed by atoms with E-state index in [9.17, 15) is 0 Å². The summed E-state index contributed by atoms with van der Waals surface area (Å²) in [7, 11) is 0. The molecule has 12 rings (SSSR count). The van der Waals surface area contributed by atoms with Gasteiger partial charge in [0.25, 0.3) is 0 Å². The van der Waals surface area contributed by atoms with Crippen LogP contribution in [0.4, 0.5) is 17.1 Å². The molecule has 5 heteroatoms. The van der Waals surface area contributed by atoms with Crippen LogP contribution in [0.25, 0.3) is 89.5 Å². The first-order valence-corrected chi connectivity index (χ1v) is 22.1. The number of fused-ring (bicyclic) bond motifs is 6. The highest BCUT2D eigenvalue weighted by molar-refractivity contribution is 6.14. The van der Waals surface area contributed by atoms with Gasteiger partial charge in [-0.3, -0.25) is 0 Å². The summed E-state index contributed by atoms with van der Waals surface area (Å²) in [6, 6.07) is 76.8. The molecule has 0 spiro atoms. The summed E-state index contributed by atoms with van der Waals surface area (Å²) in [5.74, 6) is 1.77. The number of aromatic nitrogens is 3. The van der Waals surface area contributed by atoms with Crippen molar-refractivity contribution in [2.45, 2.75) is 19.3 Å². The Balaban J connectivity index is 1.07. The molecule has 11 aromatic rings. The molecule has 0 bridgehead atoms. The number of nitrogens with zero attached hydrogens (tertiary/aromatic N) is 4. The topological polar surface area (TPSA) is 55.1 Å². The molecule has 0 fully saturated rings. The summed E-state index contributed by atoms with van der Waals surface area (Å²) < 4.78 is 6.77. The first-order chi connectivity index (χ1) is 32.0. The maximum atomic E-state index is 6.77. The van der Waals surface area contributed by atoms with Gasteiger partial charge in [-0.25, -0.2) is 15.0 Å². The highest BCUT2D eigenvalue weighted by atomic mass is 16.3. The first-order valence-electron chi connectivity index (χ1n) is 22.1. The zero-order valence-electron chi connectivity index (χ0n) is 36.0. The molecule has 0 unspecified atom stereocenters. The molecular weight excluding hydrogens is 793 g/mol. The van der Waals surface area contributed by atoms with Crippen molar-refractivity contribution in [1.82, 2.24) is 15.0 Å². The first kappa shape index (κ1) is 38.3. The van der Waals surface area contributed by atoms with Gasteiger partial charge < -0.3 is 9.32 Å². The minimum absolute atomic E-state index is 0.177. The lowest BCUT2D eigenvalue weighted by Crippen LogP contribution is -2.15. The van der Waals surface area contributed by atoms with Crippen molar-refractivity contribution < 1.29 is 4.42 Å². The molecule has 308 valence electrons. The van der Waals surface area contributed by atoms with Crippen molar-refractivity contribution in [3.05, 3.63) is 230 Å². The Morgan fingerprint density at radius 3 is 1.48 bits per heavy atom. The van der Waals surface area contributed by atoms with E-state index in [0.29, 0.717) is 17.5 Å². The molecule has 0 N–H and O–H groups in total. The maximum absolute atomic E-state index is 6.77. The second-order valence-electron chi connectivity index (χ2n) is 17.2. The quantitative estimate of drug-likeness (QED) is 0.153. The highest BCUT2D eigenvalue weighted by Crippen LogP contribution is 2.50. The molecule has 1 aliphatic carbocycles. The second kappa shape index (κ2) is 15.4. The molecule has 1 aliphatic rings. The van der Waals surface area contributed by atoms with Gasteiger partial charge in [0.05, 0.1) is 11.1 Å². The lowest BCUT2D eigenvalue weighted by molar-refractivity contribution is 0.660. The van der Waals surface area contributed by atoms with Crippen LogP contribution >= 0.6 is 0 Å². The minimum Gasteiger partial charge on any atom is -0.456 e. The average molecular weight is 835 g/mol. The molecule has 2 heterocycles. The molecule has 9 aromatic carbocycles. The van der Waals surface area contributed by atoms with Crippen molar-refractivity contribution >= 4 is 39.0 Å². The average Bonchev–Trinajstić information content (AvgIpc) is 3.86. The van der Waals surface area contributed by atoms with Gasteiger partial charge in [-0.05, 0) is 93.0 Å². The summed E-state index contributed by atoms with van der Waals surface area (Å²) in [6.07, 6.45) is 0. The van der Waals surface area contributed by atoms with Gasteiger partial charge in [-0.2, -0.15) is 0 Å². The van der Waals surface area contributed by atoms with Gasteiger partial charge in [0.1, 0.15) is 11.2 Å². The van der Waals surface area contributed by atoms with Crippen LogP contribution in [-0.4, -0.2) is 15.0 Å². The fraction of sp³-hybridized carbons (Fsp3) is 0.0500. The van der Waals surface area contributed by atoms with Crippen LogP contribution in [0.1, 0.15) is 25.0 Å². The molecule has 0 saturated heterocycles. The standard InChI is InChI=1S/C60H42N4O/c1-60(2)51-24-14-12-22-48(51)49-35-30-44(36-52(49)60)58-61-57(43-20-10-5-11-21-43)62-59(63-58)45-37-53(56-50-23-13-15-25-54(50)65-55(56)38-45)64(46-31-26-41(27-32-46)39-16-6-3-7-17-39)47-33-28-42(29-34-47)40-18-8-4-9-19-40/h3-38H,1-2H3. The Labute approximate surface area is 378 Å². The number of furan rings is 1. The number of benzene rings is 9. The number of rotatable bonds is 8. The lowest BCUT2D eigenvalue weighted by atomic mass is 9.82. The summed E-state index contributed by atoms with van der Waals surface area (Å²) in [5, 5.41) is 2.03. The van der Waals surface area contributed by atoms with Crippen molar-refractivity contribution in [1.29, 1.82) is 0 Å². The molecule has 0 amide bonds. The Bertz CT molecular complexity index is 3460. The molecule has 65 heavy (non-hydrogen) atoms. The third-order valence-corrected chi connectivity index (χ3v) is 12.9. The Kier molecular flexibility index (Phi) is 9.09. The van der Waals surface area contributed by atoms with Crippen LogP contribution < -0.4 is 4.90 Å². The van der Waals surface area contributed by atoms with Crippen LogP contribution in [-0.2, 0) is 5.41 Å². The van der Waals surface area contributed by atoms with Gasteiger partial charge >= 0.3 is 0 Å². The fourth-order valence-electron chi connectivity index (χ4n) is 9.63. The Morgan fingerprint density at radius 1 is 0.369 bits per heavy atom. The van der Waals surface area contributed by atoms with E-state index in [-0.39, 0.29) is 5.41 Å². The smallest absolute Gasteiger partial charge is 0.164 e. The van der Waals surface area contributed by atoms with Crippen LogP contribution in [0, 0.1) is 0 Å². The van der Waals surface area contributed by atoms with Crippen LogP contribution in [0.5, 0.6) is 0 Å². The number of hydrogen-bond acceptors (Lipinski definition) is 5. The van der Waals surface area contributed by atoms with E-state index in [0.717, 1.165) is 66.8 Å². The fourth-order valence-corrected chi connectivity index (χ4v) is 9.63. The third-order valence-electron chi connectivity index (χ3n) is 12.9. The Morgan fingerprint density at radius 2 is 0.846 bits per heavy atom. The van der Waals surface area contributed by atoms with Gasteiger partial charge in [-0.15, -0.1) is 0 Å². The Hall–Kier alpha value is -8.41. The second-order valence-corrected chi connectivity index (χ2v) is 17.2. The summed E-state index contributed by atoms with van der Waals surface area (Å²) in [5.41, 5.74) is 16.7. The molecule has 0 atom stereocenters. The van der Waals surface area contributed by atoms with E-state index < -0.39 is 0 Å². The van der Waals surface area contributed by atoms with Crippen molar-refractivity contribution in [3.8, 4) is 67.5 Å². The van der Waals surface area contributed by atoms with Gasteiger partial charge in [-0.1, -0.05) is 184 Å². The monoisotopic (exact) mass is 834 g/mol. The molecule has 5 nitrogen and oxygen atoms in total. The molecule has 2 aromatic heterocycles. The molecule has 0 radical (unpaired) electrons. The maximum Gasteiger partial charge on any atom is 0.164 e. The summed E-state index contributed by atoms with van der Waals surface area (Å²) >= 11 is 0. The molecule has 0 aliphatic heterocycles. The molecular formula is C60H42N4O. The lowest BCUT2D eigenvalue weighted by Gasteiger charge is -2.27. The van der Waals surface area contributed by atoms with E-state index in [2.05, 4.69) is 207 Å². The number of para-hydroxylation sites is 1. The SMILES string of the molecule is CC1(C)c2ccccc2-c2ccc(-c3nc(-c4ccccc4)nc(-c4cc(N(c5ccc(-c6ccccc6)cc5)c5ccc(-c6ccccc6)cc5)c5c(c4)oc4ccccc45)n3)cc21. The van der Waals surface area contributed by atoms with E-state index in [1.54, 1.807) is 0 Å². The van der Waals surface area contributed by atoms with Crippen LogP contribution in [0.15, 0.2) is 223 Å². The summed E-state index contributed by atoms with van der Waals surface area (Å²) in [4.78, 5) is 18.1. The van der Waals surface area contributed by atoms with Crippen molar-refractivity contribution in [2.24, 2.45) is 0 Å². The van der Waals surface area contributed by atoms with Crippen molar-refractivity contribution in [3.63, 3.8) is 0 Å². The predicted molar refractivity (Wildman–Crippen MR) is 267 cm³/mol. The third kappa shape index (κ3) is 6.68. The normalized spacial score (nSPS) is 12.6. The van der Waals surface area contributed by atoms with Crippen molar-refractivity contribution in [2.75, 3.05) is 4.90 Å². The number of hydrogen-bond donors (Lipinski definition) is 0. The largest absolute Gasteiger partial charge is 0.456 e. The van der Waals surface area contributed by atoms with Crippen LogP contribution in [0.3, 0.4) is 0 Å². The van der Waals surface area contributed by atoms with E-state index >= 15 is 0 Å². The zero-order valence-corrected chi connectivity index (χ0v) is 36.0. The minimum atomic E-state index is -0.177. The van der Waals surface area contributed by atoms with Crippen LogP contribution in [0.2, 0.25) is 0 Å². The van der Waals surface area contributed by atoms with E-state index in [4.69, 9.17) is 19.4 Å². The van der Waals surface area contributed by atoms with Gasteiger partial charge in [0.2, 0.25) is 0 Å². The molecule has 0 saturated carbocycles. The van der Waals surface area contributed by atoms with E-state index in [1.807, 2.05) is 30.3 Å². The van der Waals surface area contributed by atoms with Gasteiger partial charge in [0.15, 0.2) is 17.5 Å². The predicted octanol–water partition coefficient (Wildman–Crippen LogP) is 15.9. The number of anilines is 3. The zero-order chi connectivity index (χ0) is 43.5. The van der Waals surface area contributed by atoms with Gasteiger partial charge in [0, 0.05) is 38.9 Å². The highest BCUT2D eigenvalue weighted by Gasteiger charge is 2.35. The summed E-state index contributed by atoms with van der Waals surface area (Å²) in [6.45, 7) is 4.60.